The first-order valence-electron chi connectivity index (χ1n) is 6.17. The summed E-state index contributed by atoms with van der Waals surface area (Å²) in [6.45, 7) is 5.06. The molecule has 0 aliphatic rings. The van der Waals surface area contributed by atoms with Gasteiger partial charge in [0.1, 0.15) is 0 Å². The lowest BCUT2D eigenvalue weighted by atomic mass is 10.2. The van der Waals surface area contributed by atoms with Crippen LogP contribution in [-0.4, -0.2) is 38.6 Å². The molecule has 0 unspecified atom stereocenters. The van der Waals surface area contributed by atoms with E-state index in [1.165, 1.54) is 0 Å². The van der Waals surface area contributed by atoms with Crippen molar-refractivity contribution in [2.24, 2.45) is 0 Å². The van der Waals surface area contributed by atoms with Crippen molar-refractivity contribution in [3.8, 4) is 6.07 Å². The normalized spacial score (nSPS) is 10.4. The summed E-state index contributed by atoms with van der Waals surface area (Å²) in [5.41, 5.74) is 1.62. The lowest BCUT2D eigenvalue weighted by molar-refractivity contribution is 0.400. The van der Waals surface area contributed by atoms with Gasteiger partial charge >= 0.3 is 0 Å². The average Bonchev–Trinajstić information content (AvgIpc) is 2.35. The van der Waals surface area contributed by atoms with Gasteiger partial charge in [0.25, 0.3) is 0 Å². The Morgan fingerprint density at radius 3 is 2.50 bits per heavy atom. The van der Waals surface area contributed by atoms with Crippen molar-refractivity contribution in [2.45, 2.75) is 13.3 Å². The van der Waals surface area contributed by atoms with Gasteiger partial charge < -0.3 is 9.80 Å². The molecule has 0 aliphatic carbocycles. The number of nitriles is 1. The Morgan fingerprint density at radius 2 is 2.00 bits per heavy atom. The number of anilines is 1. The number of hydrogen-bond acceptors (Lipinski definition) is 3. The zero-order valence-corrected chi connectivity index (χ0v) is 12.0. The fraction of sp³-hybridized carbons (Fsp3) is 0.500. The van der Waals surface area contributed by atoms with Crippen LogP contribution in [0.15, 0.2) is 18.2 Å². The SMILES string of the molecule is CCN(CCCN(C)C)c1ccc(C#N)cc1Cl. The molecule has 1 rings (SSSR count). The second-order valence-electron chi connectivity index (χ2n) is 4.51. The molecular weight excluding hydrogens is 246 g/mol. The summed E-state index contributed by atoms with van der Waals surface area (Å²) in [6.07, 6.45) is 1.09. The standard InChI is InChI=1S/C14H20ClN3/c1-4-18(9-5-8-17(2)3)14-7-6-12(11-16)10-13(14)15/h6-7,10H,4-5,8-9H2,1-3H3. The third-order valence-electron chi connectivity index (χ3n) is 2.83. The van der Waals surface area contributed by atoms with Crippen LogP contribution in [0.4, 0.5) is 5.69 Å². The van der Waals surface area contributed by atoms with Crippen molar-refractivity contribution >= 4 is 17.3 Å². The van der Waals surface area contributed by atoms with Gasteiger partial charge in [-0.15, -0.1) is 0 Å². The predicted molar refractivity (Wildman–Crippen MR) is 77.2 cm³/mol. The monoisotopic (exact) mass is 265 g/mol. The summed E-state index contributed by atoms with van der Waals surface area (Å²) >= 11 is 6.22. The Balaban J connectivity index is 2.73. The number of halogens is 1. The Bertz CT molecular complexity index is 424. The Kier molecular flexibility index (Phi) is 5.97. The van der Waals surface area contributed by atoms with Crippen LogP contribution in [0.25, 0.3) is 0 Å². The van der Waals surface area contributed by atoms with E-state index in [9.17, 15) is 0 Å². The predicted octanol–water partition coefficient (Wildman–Crippen LogP) is 2.99. The first kappa shape index (κ1) is 14.8. The molecule has 0 aliphatic heterocycles. The van der Waals surface area contributed by atoms with Crippen molar-refractivity contribution in [1.82, 2.24) is 4.90 Å². The molecule has 0 atom stereocenters. The largest absolute Gasteiger partial charge is 0.371 e. The number of nitrogens with zero attached hydrogens (tertiary/aromatic N) is 3. The second-order valence-corrected chi connectivity index (χ2v) is 4.92. The van der Waals surface area contributed by atoms with Crippen LogP contribution in [0.1, 0.15) is 18.9 Å². The van der Waals surface area contributed by atoms with Gasteiger partial charge in [-0.3, -0.25) is 0 Å². The van der Waals surface area contributed by atoms with E-state index in [0.29, 0.717) is 10.6 Å². The molecule has 1 aromatic carbocycles. The maximum atomic E-state index is 8.82. The van der Waals surface area contributed by atoms with Gasteiger partial charge in [-0.25, -0.2) is 0 Å². The molecule has 0 N–H and O–H groups in total. The van der Waals surface area contributed by atoms with E-state index in [2.05, 4.69) is 36.9 Å². The highest BCUT2D eigenvalue weighted by atomic mass is 35.5. The average molecular weight is 266 g/mol. The highest BCUT2D eigenvalue weighted by molar-refractivity contribution is 6.33. The maximum absolute atomic E-state index is 8.82. The van der Waals surface area contributed by atoms with Crippen LogP contribution in [0, 0.1) is 11.3 Å². The number of rotatable bonds is 6. The van der Waals surface area contributed by atoms with Gasteiger partial charge in [-0.1, -0.05) is 11.6 Å². The van der Waals surface area contributed by atoms with Gasteiger partial charge in [0, 0.05) is 13.1 Å². The summed E-state index contributed by atoms with van der Waals surface area (Å²) in [6, 6.07) is 7.57. The van der Waals surface area contributed by atoms with Crippen LogP contribution in [-0.2, 0) is 0 Å². The van der Waals surface area contributed by atoms with Crippen molar-refractivity contribution in [3.05, 3.63) is 28.8 Å². The van der Waals surface area contributed by atoms with Crippen LogP contribution >= 0.6 is 11.6 Å². The molecule has 3 nitrogen and oxygen atoms in total. The Labute approximate surface area is 115 Å². The molecule has 0 amide bonds. The summed E-state index contributed by atoms with van der Waals surface area (Å²) in [7, 11) is 4.15. The first-order chi connectivity index (χ1) is 8.58. The van der Waals surface area contributed by atoms with Crippen LogP contribution in [0.2, 0.25) is 5.02 Å². The minimum absolute atomic E-state index is 0.605. The highest BCUT2D eigenvalue weighted by Crippen LogP contribution is 2.26. The number of hydrogen-bond donors (Lipinski definition) is 0. The first-order valence-corrected chi connectivity index (χ1v) is 6.55. The summed E-state index contributed by atoms with van der Waals surface area (Å²) in [5.74, 6) is 0. The van der Waals surface area contributed by atoms with Crippen molar-refractivity contribution < 1.29 is 0 Å². The molecule has 0 spiro atoms. The lowest BCUT2D eigenvalue weighted by Crippen LogP contribution is -2.27. The van der Waals surface area contributed by atoms with Crippen LogP contribution < -0.4 is 4.90 Å². The summed E-state index contributed by atoms with van der Waals surface area (Å²) in [5, 5.41) is 9.48. The van der Waals surface area contributed by atoms with Crippen LogP contribution in [0.3, 0.4) is 0 Å². The topological polar surface area (TPSA) is 30.3 Å². The molecule has 0 saturated carbocycles. The molecule has 98 valence electrons. The minimum atomic E-state index is 0.605. The molecule has 0 bridgehead atoms. The quantitative estimate of drug-likeness (QED) is 0.792. The minimum Gasteiger partial charge on any atom is -0.371 e. The molecule has 0 aromatic heterocycles. The highest BCUT2D eigenvalue weighted by Gasteiger charge is 2.09. The van der Waals surface area contributed by atoms with E-state index in [-0.39, 0.29) is 0 Å². The van der Waals surface area contributed by atoms with E-state index in [4.69, 9.17) is 16.9 Å². The smallest absolute Gasteiger partial charge is 0.0992 e. The van der Waals surface area contributed by atoms with Crippen molar-refractivity contribution in [3.63, 3.8) is 0 Å². The maximum Gasteiger partial charge on any atom is 0.0992 e. The van der Waals surface area contributed by atoms with E-state index >= 15 is 0 Å². The third-order valence-corrected chi connectivity index (χ3v) is 3.14. The zero-order valence-electron chi connectivity index (χ0n) is 11.3. The van der Waals surface area contributed by atoms with Crippen LogP contribution in [0.5, 0.6) is 0 Å². The fourth-order valence-corrected chi connectivity index (χ4v) is 2.16. The zero-order chi connectivity index (χ0) is 13.5. The summed E-state index contributed by atoms with van der Waals surface area (Å²) < 4.78 is 0. The van der Waals surface area contributed by atoms with Gasteiger partial charge in [0.05, 0.1) is 22.3 Å². The molecule has 0 fully saturated rings. The molecule has 1 aromatic rings. The van der Waals surface area contributed by atoms with Gasteiger partial charge in [-0.2, -0.15) is 5.26 Å². The van der Waals surface area contributed by atoms with E-state index in [0.717, 1.165) is 31.7 Å². The molecular formula is C14H20ClN3. The second kappa shape index (κ2) is 7.25. The Morgan fingerprint density at radius 1 is 1.28 bits per heavy atom. The van der Waals surface area contributed by atoms with E-state index < -0.39 is 0 Å². The van der Waals surface area contributed by atoms with E-state index in [1.54, 1.807) is 6.07 Å². The van der Waals surface area contributed by atoms with E-state index in [1.807, 2.05) is 12.1 Å². The van der Waals surface area contributed by atoms with Crippen molar-refractivity contribution in [1.29, 1.82) is 5.26 Å². The summed E-state index contributed by atoms with van der Waals surface area (Å²) in [4.78, 5) is 4.42. The molecule has 0 radical (unpaired) electrons. The molecule has 18 heavy (non-hydrogen) atoms. The van der Waals surface area contributed by atoms with Gasteiger partial charge in [0.2, 0.25) is 0 Å². The lowest BCUT2D eigenvalue weighted by Gasteiger charge is -2.25. The Hall–Kier alpha value is -1.24. The van der Waals surface area contributed by atoms with Gasteiger partial charge in [-0.05, 0) is 52.2 Å². The fourth-order valence-electron chi connectivity index (χ4n) is 1.86. The molecule has 0 heterocycles. The van der Waals surface area contributed by atoms with Crippen molar-refractivity contribution in [2.75, 3.05) is 38.6 Å². The molecule has 0 saturated heterocycles. The third kappa shape index (κ3) is 4.21. The number of benzene rings is 1. The van der Waals surface area contributed by atoms with Gasteiger partial charge in [0.15, 0.2) is 0 Å². The molecule has 4 heteroatoms.